The molecule has 0 amide bonds. The van der Waals surface area contributed by atoms with Gasteiger partial charge in [-0.2, -0.15) is 13.2 Å². The van der Waals surface area contributed by atoms with E-state index in [4.69, 9.17) is 5.73 Å². The minimum atomic E-state index is -4.56. The Labute approximate surface area is 303 Å². The van der Waals surface area contributed by atoms with Gasteiger partial charge in [0, 0.05) is 15.2 Å². The number of rotatable bonds is 9. The van der Waals surface area contributed by atoms with Gasteiger partial charge in [-0.25, -0.2) is 4.39 Å². The Kier molecular flexibility index (Phi) is 9.80. The van der Waals surface area contributed by atoms with Crippen molar-refractivity contribution in [2.45, 2.75) is 143 Å². The number of ketones is 1. The predicted octanol–water partition coefficient (Wildman–Crippen LogP) is 9.80. The van der Waals surface area contributed by atoms with Crippen molar-refractivity contribution in [3.8, 4) is 0 Å². The molecule has 1 unspecified atom stereocenters. The van der Waals surface area contributed by atoms with Crippen LogP contribution in [0.1, 0.15) is 126 Å². The number of nitroso groups, excluding NO2 is 1. The maximum absolute atomic E-state index is 14.5. The summed E-state index contributed by atoms with van der Waals surface area (Å²) in [6, 6.07) is -1.93. The molecule has 5 nitrogen and oxygen atoms in total. The Morgan fingerprint density at radius 1 is 0.961 bits per heavy atom. The maximum atomic E-state index is 14.5. The Morgan fingerprint density at radius 3 is 2.24 bits per heavy atom. The molecule has 9 heteroatoms. The molecule has 4 saturated carbocycles. The second-order valence-electron chi connectivity index (χ2n) is 19.4. The van der Waals surface area contributed by atoms with Crippen LogP contribution in [0, 0.1) is 61.6 Å². The molecule has 0 spiro atoms. The fourth-order valence-corrected chi connectivity index (χ4v) is 14.1. The van der Waals surface area contributed by atoms with Crippen molar-refractivity contribution >= 4 is 5.78 Å². The van der Waals surface area contributed by atoms with E-state index >= 15 is 0 Å². The van der Waals surface area contributed by atoms with Gasteiger partial charge in [0.05, 0.1) is 5.41 Å². The van der Waals surface area contributed by atoms with Crippen molar-refractivity contribution in [3.05, 3.63) is 40.4 Å². The second kappa shape index (κ2) is 12.9. The molecule has 0 aromatic rings. The number of nitrogens with zero attached hydrogens (tertiary/aromatic N) is 1. The minimum absolute atomic E-state index is 0.0259. The van der Waals surface area contributed by atoms with Crippen LogP contribution in [0.15, 0.2) is 35.5 Å². The summed E-state index contributed by atoms with van der Waals surface area (Å²) in [6.45, 7) is 18.5. The summed E-state index contributed by atoms with van der Waals surface area (Å²) in [5.74, 6) is 1.31. The van der Waals surface area contributed by atoms with Crippen molar-refractivity contribution in [3.63, 3.8) is 0 Å². The Morgan fingerprint density at radius 2 is 1.67 bits per heavy atom. The smallest absolute Gasteiger partial charge is 0.299 e. The minimum Gasteiger partial charge on any atom is -0.299 e. The molecule has 6 rings (SSSR count). The first kappa shape index (κ1) is 38.8. The van der Waals surface area contributed by atoms with E-state index in [1.54, 1.807) is 0 Å². The number of nitrogens with one attached hydrogen (secondary N) is 1. The Hall–Kier alpha value is -1.87. The molecule has 51 heavy (non-hydrogen) atoms. The molecule has 11 atom stereocenters. The molecule has 286 valence electrons. The molecule has 0 heterocycles. The molecule has 6 aliphatic carbocycles. The number of Topliss-reactive ketones (excluding diaryl/α,β-unsaturated/α-hetero) is 1. The van der Waals surface area contributed by atoms with E-state index < -0.39 is 43.1 Å². The molecule has 0 aromatic heterocycles. The maximum Gasteiger partial charge on any atom is 0.410 e. The SMILES string of the molecule is C=C(C)[C@@H]1CC[C@]2(NC(C[N+](=O)CN)C(F)(F)F)CC[C@]3(C)[C@H](CC[C@@H]4[C@@]5(C)CC=C(C6=CC[C@](CF)(C(C)=O)CC6)C(C)(C)[C@@H]5CC[C@]43C)[C@@H]12. The van der Waals surface area contributed by atoms with E-state index in [-0.39, 0.29) is 45.2 Å². The molecular formula is C42H64F4N3O2+. The number of allylic oxidation sites excluding steroid dienone is 5. The molecule has 0 aliphatic heterocycles. The largest absolute Gasteiger partial charge is 0.410 e. The molecule has 4 fully saturated rings. The van der Waals surface area contributed by atoms with E-state index in [1.165, 1.54) is 18.1 Å². The van der Waals surface area contributed by atoms with Crippen LogP contribution in [-0.4, -0.2) is 48.2 Å². The van der Waals surface area contributed by atoms with Gasteiger partial charge in [0.2, 0.25) is 13.2 Å². The molecule has 6 aliphatic rings. The number of carbonyl (C=O) groups is 1. The van der Waals surface area contributed by atoms with Crippen LogP contribution in [0.25, 0.3) is 0 Å². The molecule has 3 N–H and O–H groups in total. The summed E-state index contributed by atoms with van der Waals surface area (Å²) < 4.78 is 58.0. The number of nitrogens with two attached hydrogens (primary N) is 1. The van der Waals surface area contributed by atoms with Gasteiger partial charge in [-0.05, 0) is 153 Å². The van der Waals surface area contributed by atoms with Gasteiger partial charge in [0.1, 0.15) is 12.5 Å². The Bertz CT molecular complexity index is 1500. The average Bonchev–Trinajstić information content (AvgIpc) is 3.44. The summed E-state index contributed by atoms with van der Waals surface area (Å²) in [5.41, 5.74) is 7.61. The second-order valence-corrected chi connectivity index (χ2v) is 19.4. The molecule has 0 radical (unpaired) electrons. The summed E-state index contributed by atoms with van der Waals surface area (Å²) in [5, 5.41) is 3.15. The topological polar surface area (TPSA) is 75.2 Å². The third kappa shape index (κ3) is 5.78. The van der Waals surface area contributed by atoms with Crippen molar-refractivity contribution < 1.29 is 27.1 Å². The predicted molar refractivity (Wildman–Crippen MR) is 194 cm³/mol. The van der Waals surface area contributed by atoms with Gasteiger partial charge in [-0.1, -0.05) is 58.9 Å². The van der Waals surface area contributed by atoms with Gasteiger partial charge in [-0.3, -0.25) is 15.8 Å². The van der Waals surface area contributed by atoms with E-state index in [9.17, 15) is 27.3 Å². The normalized spacial score (nSPS) is 43.8. The summed E-state index contributed by atoms with van der Waals surface area (Å²) in [6.07, 6.45) is 10.1. The van der Waals surface area contributed by atoms with Gasteiger partial charge in [0.15, 0.2) is 6.04 Å². The van der Waals surface area contributed by atoms with Crippen LogP contribution in [0.2, 0.25) is 0 Å². The van der Waals surface area contributed by atoms with E-state index in [0.29, 0.717) is 42.3 Å². The lowest BCUT2D eigenvalue weighted by Gasteiger charge is -2.72. The zero-order chi connectivity index (χ0) is 37.6. The summed E-state index contributed by atoms with van der Waals surface area (Å²) in [7, 11) is 0. The zero-order valence-electron chi connectivity index (χ0n) is 32.3. The quantitative estimate of drug-likeness (QED) is 0.108. The highest BCUT2D eigenvalue weighted by Crippen LogP contribution is 2.76. The fraction of sp³-hybridized carbons (Fsp3) is 0.833. The third-order valence-corrected chi connectivity index (χ3v) is 17.1. The summed E-state index contributed by atoms with van der Waals surface area (Å²) in [4.78, 5) is 24.6. The third-order valence-electron chi connectivity index (χ3n) is 17.1. The van der Waals surface area contributed by atoms with Crippen LogP contribution >= 0.6 is 0 Å². The van der Waals surface area contributed by atoms with Crippen LogP contribution in [0.5, 0.6) is 0 Å². The first-order valence-electron chi connectivity index (χ1n) is 19.7. The number of fused-ring (bicyclic) bond motifs is 7. The fourth-order valence-electron chi connectivity index (χ4n) is 14.1. The average molecular weight is 719 g/mol. The van der Waals surface area contributed by atoms with Gasteiger partial charge in [0.25, 0.3) is 0 Å². The zero-order valence-corrected chi connectivity index (χ0v) is 32.3. The molecule has 0 saturated heterocycles. The monoisotopic (exact) mass is 718 g/mol. The number of alkyl halides is 4. The summed E-state index contributed by atoms with van der Waals surface area (Å²) >= 11 is 0. The highest BCUT2D eigenvalue weighted by Gasteiger charge is 2.71. The van der Waals surface area contributed by atoms with Gasteiger partial charge < -0.3 is 0 Å². The van der Waals surface area contributed by atoms with Gasteiger partial charge >= 0.3 is 6.18 Å². The van der Waals surface area contributed by atoms with Crippen LogP contribution in [0.4, 0.5) is 17.6 Å². The van der Waals surface area contributed by atoms with Crippen LogP contribution < -0.4 is 11.1 Å². The first-order chi connectivity index (χ1) is 23.7. The van der Waals surface area contributed by atoms with Crippen molar-refractivity contribution in [1.29, 1.82) is 0 Å². The lowest BCUT2D eigenvalue weighted by molar-refractivity contribution is -0.556. The lowest BCUT2D eigenvalue weighted by atomic mass is 9.33. The molecule has 0 bridgehead atoms. The Balaban J connectivity index is 1.32. The number of carbonyl (C=O) groups excluding carboxylic acids is 1. The standard InChI is InChI=1S/C42H64F4N3O2/c1-26(2)29-13-20-41(48-34(42(44,45)46)23-49(51)25-47)22-21-38(7)31(35(29)41)9-10-33-37(6)16-14-30(36(4,5)32(37)15-17-39(33,38)8)28-11-18-40(24-43,19-12-28)27(3)50/h11,14,29,31-35,48H,1,9-10,12-13,15-25,47H2,2-8H3/q+1/t29-,31+,32-,33+,34?,35+,37-,38+,39+,40-,41-/m0/s1. The van der Waals surface area contributed by atoms with Crippen LogP contribution in [0.3, 0.4) is 0 Å². The van der Waals surface area contributed by atoms with E-state index in [2.05, 4.69) is 65.6 Å². The highest BCUT2D eigenvalue weighted by atomic mass is 19.4. The lowest BCUT2D eigenvalue weighted by Crippen LogP contribution is -2.69. The molecular weight excluding hydrogens is 654 g/mol. The van der Waals surface area contributed by atoms with Crippen molar-refractivity contribution in [1.82, 2.24) is 5.32 Å². The van der Waals surface area contributed by atoms with E-state index in [0.717, 1.165) is 56.9 Å². The molecule has 0 aromatic carbocycles. The number of hydrogen-bond donors (Lipinski definition) is 2. The van der Waals surface area contributed by atoms with Crippen molar-refractivity contribution in [2.24, 2.45) is 62.4 Å². The number of hydrogen-bond acceptors (Lipinski definition) is 4. The highest BCUT2D eigenvalue weighted by molar-refractivity contribution is 5.83. The van der Waals surface area contributed by atoms with E-state index in [1.807, 2.05) is 0 Å². The van der Waals surface area contributed by atoms with Crippen molar-refractivity contribution in [2.75, 3.05) is 19.9 Å². The van der Waals surface area contributed by atoms with Gasteiger partial charge in [-0.15, -0.1) is 0 Å². The number of halogens is 4. The first-order valence-corrected chi connectivity index (χ1v) is 19.7. The van der Waals surface area contributed by atoms with Crippen LogP contribution in [-0.2, 0) is 4.79 Å².